The third-order valence-corrected chi connectivity index (χ3v) is 5.06. The molecule has 1 atom stereocenters. The van der Waals surface area contributed by atoms with E-state index in [0.29, 0.717) is 42.5 Å². The minimum absolute atomic E-state index is 0.0676. The van der Waals surface area contributed by atoms with Crippen LogP contribution in [0.1, 0.15) is 35.8 Å². The predicted molar refractivity (Wildman–Crippen MR) is 134 cm³/mol. The van der Waals surface area contributed by atoms with Gasteiger partial charge in [0.05, 0.1) is 19.2 Å². The van der Waals surface area contributed by atoms with E-state index in [1.807, 2.05) is 50.2 Å². The van der Waals surface area contributed by atoms with E-state index >= 15 is 0 Å². The highest BCUT2D eigenvalue weighted by atomic mass is 16.5. The van der Waals surface area contributed by atoms with Crippen LogP contribution < -0.4 is 20.7 Å². The molecule has 0 aliphatic heterocycles. The van der Waals surface area contributed by atoms with Crippen LogP contribution in [0.2, 0.25) is 0 Å². The molecule has 0 saturated carbocycles. The molecule has 0 aliphatic rings. The van der Waals surface area contributed by atoms with Gasteiger partial charge in [-0.1, -0.05) is 36.4 Å². The van der Waals surface area contributed by atoms with Crippen LogP contribution in [0, 0.1) is 0 Å². The summed E-state index contributed by atoms with van der Waals surface area (Å²) in [6, 6.07) is 23.9. The Morgan fingerprint density at radius 2 is 1.65 bits per heavy atom. The zero-order valence-electron chi connectivity index (χ0n) is 19.5. The van der Waals surface area contributed by atoms with Crippen LogP contribution in [0.25, 0.3) is 0 Å². The van der Waals surface area contributed by atoms with E-state index in [0.717, 1.165) is 5.56 Å². The minimum Gasteiger partial charge on any atom is -0.491 e. The first-order chi connectivity index (χ1) is 16.5. The molecule has 2 amide bonds. The second-order valence-corrected chi connectivity index (χ2v) is 7.66. The fourth-order valence-electron chi connectivity index (χ4n) is 3.26. The van der Waals surface area contributed by atoms with Crippen LogP contribution in [-0.2, 0) is 9.53 Å². The molecule has 3 N–H and O–H groups in total. The van der Waals surface area contributed by atoms with Gasteiger partial charge < -0.3 is 25.4 Å². The minimum atomic E-state index is -0.197. The Kier molecular flexibility index (Phi) is 9.49. The van der Waals surface area contributed by atoms with Crippen molar-refractivity contribution in [2.45, 2.75) is 19.9 Å². The fraction of sp³-hybridized carbons (Fsp3) is 0.259. The van der Waals surface area contributed by atoms with E-state index in [2.05, 4.69) is 16.0 Å². The first-order valence-corrected chi connectivity index (χ1v) is 11.4. The van der Waals surface area contributed by atoms with Crippen LogP contribution in [-0.4, -0.2) is 38.2 Å². The maximum Gasteiger partial charge on any atom is 0.251 e. The number of carbonyl (C=O) groups is 2. The molecule has 3 aromatic rings. The lowest BCUT2D eigenvalue weighted by atomic mass is 10.1. The van der Waals surface area contributed by atoms with E-state index in [4.69, 9.17) is 9.47 Å². The molecule has 0 aromatic heterocycles. The van der Waals surface area contributed by atoms with Gasteiger partial charge >= 0.3 is 0 Å². The lowest BCUT2D eigenvalue weighted by molar-refractivity contribution is -0.114. The molecule has 0 heterocycles. The molecule has 0 saturated heterocycles. The molecule has 34 heavy (non-hydrogen) atoms. The van der Waals surface area contributed by atoms with Crippen molar-refractivity contribution in [2.75, 3.05) is 37.0 Å². The summed E-state index contributed by atoms with van der Waals surface area (Å²) in [5, 5.41) is 8.90. The molecule has 3 rings (SSSR count). The van der Waals surface area contributed by atoms with Crippen LogP contribution in [0.15, 0.2) is 78.9 Å². The third kappa shape index (κ3) is 7.94. The number of carbonyl (C=O) groups excluding carboxylic acids is 2. The van der Waals surface area contributed by atoms with Gasteiger partial charge in [-0.2, -0.15) is 0 Å². The van der Waals surface area contributed by atoms with Gasteiger partial charge in [0.1, 0.15) is 12.4 Å². The Labute approximate surface area is 200 Å². The van der Waals surface area contributed by atoms with Crippen molar-refractivity contribution in [1.29, 1.82) is 0 Å². The topological polar surface area (TPSA) is 88.7 Å². The first kappa shape index (κ1) is 24.8. The van der Waals surface area contributed by atoms with E-state index in [9.17, 15) is 9.59 Å². The average Bonchev–Trinajstić information content (AvgIpc) is 2.87. The summed E-state index contributed by atoms with van der Waals surface area (Å²) in [7, 11) is 0. The van der Waals surface area contributed by atoms with Gasteiger partial charge in [0.25, 0.3) is 5.91 Å². The number of rotatable bonds is 12. The largest absolute Gasteiger partial charge is 0.491 e. The summed E-state index contributed by atoms with van der Waals surface area (Å²) in [5.41, 5.74) is 2.92. The van der Waals surface area contributed by atoms with Gasteiger partial charge in [-0.15, -0.1) is 0 Å². The monoisotopic (exact) mass is 461 g/mol. The Morgan fingerprint density at radius 3 is 2.38 bits per heavy atom. The maximum atomic E-state index is 12.7. The third-order valence-electron chi connectivity index (χ3n) is 5.06. The van der Waals surface area contributed by atoms with Crippen molar-refractivity contribution >= 4 is 23.2 Å². The molecule has 7 heteroatoms. The molecule has 1 unspecified atom stereocenters. The standard InChI is InChI=1S/C27H31N3O4/c1-3-33-16-17-34-25-14-12-23(13-15-25)30-26(31)19-28-24-11-7-10-22(18-24)27(32)29-20(2)21-8-5-4-6-9-21/h4-15,18,20,28H,3,16-17,19H2,1-2H3,(H,29,32)(H,30,31). The first-order valence-electron chi connectivity index (χ1n) is 11.4. The zero-order valence-corrected chi connectivity index (χ0v) is 19.5. The second-order valence-electron chi connectivity index (χ2n) is 7.66. The number of benzene rings is 3. The number of nitrogens with one attached hydrogen (secondary N) is 3. The van der Waals surface area contributed by atoms with E-state index < -0.39 is 0 Å². The number of ether oxygens (including phenoxy) is 2. The van der Waals surface area contributed by atoms with E-state index in [-0.39, 0.29) is 24.4 Å². The highest BCUT2D eigenvalue weighted by molar-refractivity contribution is 5.96. The van der Waals surface area contributed by atoms with Crippen molar-refractivity contribution in [1.82, 2.24) is 5.32 Å². The molecule has 0 bridgehead atoms. The molecule has 7 nitrogen and oxygen atoms in total. The predicted octanol–water partition coefficient (Wildman–Crippen LogP) is 4.64. The molecule has 0 fully saturated rings. The highest BCUT2D eigenvalue weighted by Gasteiger charge is 2.12. The Hall–Kier alpha value is -3.84. The van der Waals surface area contributed by atoms with Crippen LogP contribution >= 0.6 is 0 Å². The van der Waals surface area contributed by atoms with Gasteiger partial charge in [0.15, 0.2) is 0 Å². The van der Waals surface area contributed by atoms with Gasteiger partial charge in [-0.05, 0) is 61.9 Å². The van der Waals surface area contributed by atoms with Gasteiger partial charge in [-0.3, -0.25) is 9.59 Å². The second kappa shape index (κ2) is 13.0. The summed E-state index contributed by atoms with van der Waals surface area (Å²) >= 11 is 0. The number of hydrogen-bond donors (Lipinski definition) is 3. The van der Waals surface area contributed by atoms with Gasteiger partial charge in [0.2, 0.25) is 5.91 Å². The van der Waals surface area contributed by atoms with E-state index in [1.54, 1.807) is 42.5 Å². The molecular formula is C27H31N3O4. The molecular weight excluding hydrogens is 430 g/mol. The van der Waals surface area contributed by atoms with Crippen molar-refractivity contribution < 1.29 is 19.1 Å². The summed E-state index contributed by atoms with van der Waals surface area (Å²) in [6.45, 7) is 5.62. The summed E-state index contributed by atoms with van der Waals surface area (Å²) in [4.78, 5) is 25.0. The van der Waals surface area contributed by atoms with E-state index in [1.165, 1.54) is 0 Å². The summed E-state index contributed by atoms with van der Waals surface area (Å²) in [6.07, 6.45) is 0. The molecule has 0 radical (unpaired) electrons. The smallest absolute Gasteiger partial charge is 0.251 e. The SMILES string of the molecule is CCOCCOc1ccc(NC(=O)CNc2cccc(C(=O)NC(C)c3ccccc3)c2)cc1. The van der Waals surface area contributed by atoms with Crippen molar-refractivity contribution in [3.63, 3.8) is 0 Å². The lowest BCUT2D eigenvalue weighted by Crippen LogP contribution is -2.26. The van der Waals surface area contributed by atoms with Crippen molar-refractivity contribution in [3.8, 4) is 5.75 Å². The molecule has 3 aromatic carbocycles. The Balaban J connectivity index is 1.46. The zero-order chi connectivity index (χ0) is 24.2. The van der Waals surface area contributed by atoms with Gasteiger partial charge in [-0.25, -0.2) is 0 Å². The highest BCUT2D eigenvalue weighted by Crippen LogP contribution is 2.17. The molecule has 0 aliphatic carbocycles. The quantitative estimate of drug-likeness (QED) is 0.342. The van der Waals surface area contributed by atoms with Crippen molar-refractivity contribution in [3.05, 3.63) is 90.0 Å². The number of anilines is 2. The normalized spacial score (nSPS) is 11.4. The number of amides is 2. The van der Waals surface area contributed by atoms with Crippen LogP contribution in [0.4, 0.5) is 11.4 Å². The lowest BCUT2D eigenvalue weighted by Gasteiger charge is -2.15. The Morgan fingerprint density at radius 1 is 0.882 bits per heavy atom. The maximum absolute atomic E-state index is 12.7. The summed E-state index contributed by atoms with van der Waals surface area (Å²) in [5.74, 6) is 0.345. The number of hydrogen-bond acceptors (Lipinski definition) is 5. The Bertz CT molecular complexity index is 1050. The van der Waals surface area contributed by atoms with Crippen LogP contribution in [0.5, 0.6) is 5.75 Å². The molecule has 178 valence electrons. The fourth-order valence-corrected chi connectivity index (χ4v) is 3.26. The molecule has 0 spiro atoms. The summed E-state index contributed by atoms with van der Waals surface area (Å²) < 4.78 is 10.8. The average molecular weight is 462 g/mol. The van der Waals surface area contributed by atoms with Gasteiger partial charge in [0, 0.05) is 23.5 Å². The van der Waals surface area contributed by atoms with Crippen molar-refractivity contribution in [2.24, 2.45) is 0 Å². The van der Waals surface area contributed by atoms with Crippen LogP contribution in [0.3, 0.4) is 0 Å².